The standard InChI is InChI=1S/C28H22N4O3/c1-17-24(28(33)32-26(29-17)23(18(2)31-32)20-12-7-4-8-13-20)27-30-25-21(14-9-15-22(25)35-27)34-16-19-10-5-3-6-11-19/h3-15,31H,16H2,1-2H3. The molecule has 3 heterocycles. The Morgan fingerprint density at radius 2 is 1.63 bits per heavy atom. The van der Waals surface area contributed by atoms with Crippen molar-refractivity contribution in [1.29, 1.82) is 0 Å². The summed E-state index contributed by atoms with van der Waals surface area (Å²) < 4.78 is 13.5. The average Bonchev–Trinajstić information content (AvgIpc) is 3.45. The molecular formula is C28H22N4O3. The number of hydrogen-bond donors (Lipinski definition) is 1. The highest BCUT2D eigenvalue weighted by atomic mass is 16.5. The van der Waals surface area contributed by atoms with Crippen LogP contribution in [-0.2, 0) is 6.61 Å². The van der Waals surface area contributed by atoms with Gasteiger partial charge in [0.1, 0.15) is 17.9 Å². The number of fused-ring (bicyclic) bond motifs is 2. The molecule has 6 aromatic rings. The van der Waals surface area contributed by atoms with Gasteiger partial charge in [0.25, 0.3) is 5.56 Å². The topological polar surface area (TPSA) is 85.4 Å². The van der Waals surface area contributed by atoms with Gasteiger partial charge in [-0.15, -0.1) is 0 Å². The monoisotopic (exact) mass is 462 g/mol. The number of oxazole rings is 1. The molecule has 3 aromatic carbocycles. The molecule has 172 valence electrons. The molecule has 35 heavy (non-hydrogen) atoms. The molecular weight excluding hydrogens is 440 g/mol. The Morgan fingerprint density at radius 3 is 2.40 bits per heavy atom. The van der Waals surface area contributed by atoms with Crippen molar-refractivity contribution >= 4 is 16.7 Å². The molecule has 0 spiro atoms. The van der Waals surface area contributed by atoms with Gasteiger partial charge < -0.3 is 9.15 Å². The van der Waals surface area contributed by atoms with E-state index in [0.717, 1.165) is 22.4 Å². The van der Waals surface area contributed by atoms with Crippen molar-refractivity contribution in [2.45, 2.75) is 20.5 Å². The molecule has 3 aromatic heterocycles. The second kappa shape index (κ2) is 8.29. The predicted molar refractivity (Wildman–Crippen MR) is 134 cm³/mol. The molecule has 0 unspecified atom stereocenters. The number of aryl methyl sites for hydroxylation is 2. The maximum Gasteiger partial charge on any atom is 0.285 e. The van der Waals surface area contributed by atoms with Crippen LogP contribution in [0.4, 0.5) is 0 Å². The first-order valence-corrected chi connectivity index (χ1v) is 11.3. The number of ether oxygens (including phenoxy) is 1. The van der Waals surface area contributed by atoms with Crippen LogP contribution in [0.15, 0.2) is 88.1 Å². The predicted octanol–water partition coefficient (Wildman–Crippen LogP) is 5.69. The summed E-state index contributed by atoms with van der Waals surface area (Å²) in [6, 6.07) is 25.3. The molecule has 0 aliphatic carbocycles. The van der Waals surface area contributed by atoms with Crippen molar-refractivity contribution in [2.24, 2.45) is 0 Å². The minimum atomic E-state index is -0.268. The third-order valence-corrected chi connectivity index (χ3v) is 6.04. The summed E-state index contributed by atoms with van der Waals surface area (Å²) >= 11 is 0. The molecule has 0 bridgehead atoms. The van der Waals surface area contributed by atoms with Gasteiger partial charge in [0.05, 0.1) is 5.69 Å². The summed E-state index contributed by atoms with van der Waals surface area (Å²) in [6.07, 6.45) is 0. The van der Waals surface area contributed by atoms with E-state index >= 15 is 0 Å². The third kappa shape index (κ3) is 3.58. The second-order valence-corrected chi connectivity index (χ2v) is 8.41. The lowest BCUT2D eigenvalue weighted by Gasteiger charge is -2.06. The molecule has 0 aliphatic rings. The number of rotatable bonds is 5. The summed E-state index contributed by atoms with van der Waals surface area (Å²) in [4.78, 5) is 23.0. The lowest BCUT2D eigenvalue weighted by molar-refractivity contribution is 0.309. The number of H-pyrrole nitrogens is 1. The Kier molecular flexibility index (Phi) is 4.95. The van der Waals surface area contributed by atoms with Crippen LogP contribution in [0.3, 0.4) is 0 Å². The normalized spacial score (nSPS) is 11.4. The van der Waals surface area contributed by atoms with Crippen LogP contribution in [0.5, 0.6) is 5.75 Å². The Hall–Kier alpha value is -4.65. The lowest BCUT2D eigenvalue weighted by Crippen LogP contribution is -2.19. The van der Waals surface area contributed by atoms with Gasteiger partial charge in [-0.1, -0.05) is 66.7 Å². The summed E-state index contributed by atoms with van der Waals surface area (Å²) in [5, 5.41) is 3.16. The van der Waals surface area contributed by atoms with Crippen molar-refractivity contribution in [3.63, 3.8) is 0 Å². The number of para-hydroxylation sites is 1. The van der Waals surface area contributed by atoms with Gasteiger partial charge in [-0.25, -0.2) is 14.5 Å². The molecule has 0 saturated heterocycles. The molecule has 0 fully saturated rings. The van der Waals surface area contributed by atoms with Crippen molar-refractivity contribution in [3.8, 4) is 28.3 Å². The van der Waals surface area contributed by atoms with Gasteiger partial charge in [0.15, 0.2) is 16.7 Å². The molecule has 1 N–H and O–H groups in total. The summed E-state index contributed by atoms with van der Waals surface area (Å²) in [5.74, 6) is 0.809. The zero-order valence-electron chi connectivity index (χ0n) is 19.3. The molecule has 0 radical (unpaired) electrons. The van der Waals surface area contributed by atoms with Gasteiger partial charge in [0, 0.05) is 11.3 Å². The van der Waals surface area contributed by atoms with Crippen molar-refractivity contribution in [3.05, 3.63) is 106 Å². The van der Waals surface area contributed by atoms with Gasteiger partial charge in [0.2, 0.25) is 5.89 Å². The minimum Gasteiger partial charge on any atom is -0.486 e. The smallest absolute Gasteiger partial charge is 0.285 e. The van der Waals surface area contributed by atoms with E-state index in [0.29, 0.717) is 40.4 Å². The van der Waals surface area contributed by atoms with E-state index in [9.17, 15) is 4.79 Å². The highest BCUT2D eigenvalue weighted by Gasteiger charge is 2.22. The molecule has 0 aliphatic heterocycles. The molecule has 0 atom stereocenters. The van der Waals surface area contributed by atoms with E-state index in [2.05, 4.69) is 10.1 Å². The van der Waals surface area contributed by atoms with Crippen LogP contribution in [0, 0.1) is 13.8 Å². The van der Waals surface area contributed by atoms with E-state index in [1.54, 1.807) is 6.92 Å². The number of aromatic nitrogens is 4. The molecule has 0 amide bonds. The SMILES string of the molecule is Cc1nc2c(-c3ccccc3)c(C)[nH]n2c(=O)c1-c1nc2c(OCc3ccccc3)cccc2o1. The molecule has 7 heteroatoms. The van der Waals surface area contributed by atoms with Crippen LogP contribution < -0.4 is 10.3 Å². The molecule has 7 nitrogen and oxygen atoms in total. The maximum absolute atomic E-state index is 13.6. The van der Waals surface area contributed by atoms with E-state index in [-0.39, 0.29) is 11.4 Å². The Morgan fingerprint density at radius 1 is 0.886 bits per heavy atom. The minimum absolute atomic E-state index is 0.216. The summed E-state index contributed by atoms with van der Waals surface area (Å²) in [7, 11) is 0. The van der Waals surface area contributed by atoms with E-state index < -0.39 is 0 Å². The van der Waals surface area contributed by atoms with Crippen molar-refractivity contribution in [2.75, 3.05) is 0 Å². The fourth-order valence-corrected chi connectivity index (χ4v) is 4.37. The van der Waals surface area contributed by atoms with E-state index in [1.807, 2.05) is 85.8 Å². The Labute approximate surface area is 200 Å². The first-order valence-electron chi connectivity index (χ1n) is 11.3. The number of nitrogens with one attached hydrogen (secondary N) is 1. The first kappa shape index (κ1) is 20.9. The van der Waals surface area contributed by atoms with E-state index in [1.165, 1.54) is 4.52 Å². The maximum atomic E-state index is 13.6. The quantitative estimate of drug-likeness (QED) is 0.356. The largest absolute Gasteiger partial charge is 0.486 e. The number of aromatic amines is 1. The van der Waals surface area contributed by atoms with Gasteiger partial charge in [-0.3, -0.25) is 9.89 Å². The fraction of sp³-hybridized carbons (Fsp3) is 0.107. The van der Waals surface area contributed by atoms with Crippen molar-refractivity contribution < 1.29 is 9.15 Å². The third-order valence-electron chi connectivity index (χ3n) is 6.04. The highest BCUT2D eigenvalue weighted by Crippen LogP contribution is 2.32. The van der Waals surface area contributed by atoms with Gasteiger partial charge in [-0.2, -0.15) is 0 Å². The van der Waals surface area contributed by atoms with Gasteiger partial charge >= 0.3 is 0 Å². The summed E-state index contributed by atoms with van der Waals surface area (Å²) in [6.45, 7) is 4.14. The zero-order chi connectivity index (χ0) is 23.9. The van der Waals surface area contributed by atoms with Crippen LogP contribution in [0.2, 0.25) is 0 Å². The first-order chi connectivity index (χ1) is 17.1. The molecule has 6 rings (SSSR count). The zero-order valence-corrected chi connectivity index (χ0v) is 19.3. The summed E-state index contributed by atoms with van der Waals surface area (Å²) in [5.41, 5.74) is 6.06. The van der Waals surface area contributed by atoms with Crippen LogP contribution in [0.25, 0.3) is 39.3 Å². The number of hydrogen-bond acceptors (Lipinski definition) is 5. The second-order valence-electron chi connectivity index (χ2n) is 8.41. The van der Waals surface area contributed by atoms with Gasteiger partial charge in [-0.05, 0) is 37.1 Å². The number of nitrogens with zero attached hydrogens (tertiary/aromatic N) is 3. The van der Waals surface area contributed by atoms with Crippen LogP contribution in [0.1, 0.15) is 17.0 Å². The Balaban J connectivity index is 1.45. The fourth-order valence-electron chi connectivity index (χ4n) is 4.37. The Bertz CT molecular complexity index is 1730. The molecule has 0 saturated carbocycles. The lowest BCUT2D eigenvalue weighted by atomic mass is 10.1. The van der Waals surface area contributed by atoms with E-state index in [4.69, 9.17) is 14.1 Å². The van der Waals surface area contributed by atoms with Crippen LogP contribution >= 0.6 is 0 Å². The van der Waals surface area contributed by atoms with Crippen LogP contribution in [-0.4, -0.2) is 19.6 Å². The average molecular weight is 463 g/mol. The van der Waals surface area contributed by atoms with Crippen molar-refractivity contribution in [1.82, 2.24) is 19.6 Å². The highest BCUT2D eigenvalue weighted by molar-refractivity contribution is 5.83. The number of benzene rings is 3.